The molecule has 0 N–H and O–H groups in total. The molecule has 0 saturated carbocycles. The Hall–Kier alpha value is -1.98. The highest BCUT2D eigenvalue weighted by Gasteiger charge is 2.23. The fourth-order valence-electron chi connectivity index (χ4n) is 2.44. The van der Waals surface area contributed by atoms with Crippen LogP contribution in [0.25, 0.3) is 0 Å². The Morgan fingerprint density at radius 2 is 1.86 bits per heavy atom. The van der Waals surface area contributed by atoms with Gasteiger partial charge in [0.15, 0.2) is 0 Å². The summed E-state index contributed by atoms with van der Waals surface area (Å²) in [4.78, 5) is 26.6. The fourth-order valence-corrected chi connectivity index (χ4v) is 2.44. The number of hydrogen-bond acceptors (Lipinski definition) is 2. The Balaban J connectivity index is 2.15. The van der Waals surface area contributed by atoms with Gasteiger partial charge in [-0.05, 0) is 31.4 Å². The second kappa shape index (κ2) is 6.65. The molecule has 0 atom stereocenters. The molecule has 0 bridgehead atoms. The zero-order valence-corrected chi connectivity index (χ0v) is 11.9. The molecule has 0 radical (unpaired) electrons. The lowest BCUT2D eigenvalue weighted by Crippen LogP contribution is -2.44. The van der Waals surface area contributed by atoms with Crippen molar-refractivity contribution in [2.24, 2.45) is 0 Å². The van der Waals surface area contributed by atoms with E-state index in [-0.39, 0.29) is 18.1 Å². The number of likely N-dealkylation sites (tertiary alicyclic amines) is 1. The number of rotatable bonds is 3. The maximum absolute atomic E-state index is 13.8. The number of nitrogens with zero attached hydrogens (tertiary/aromatic N) is 2. The van der Waals surface area contributed by atoms with E-state index in [0.29, 0.717) is 19.2 Å². The molecule has 0 unspecified atom stereocenters. The molecule has 2 rings (SSSR count). The first-order valence-electron chi connectivity index (χ1n) is 7.00. The Bertz CT molecular complexity index is 542. The van der Waals surface area contributed by atoms with Crippen molar-refractivity contribution in [1.82, 2.24) is 4.90 Å². The van der Waals surface area contributed by atoms with Crippen LogP contribution in [0.5, 0.6) is 0 Å². The van der Waals surface area contributed by atoms with Crippen LogP contribution in [0.15, 0.2) is 18.2 Å². The van der Waals surface area contributed by atoms with E-state index in [0.717, 1.165) is 30.2 Å². The molecule has 1 aromatic carbocycles. The lowest BCUT2D eigenvalue weighted by molar-refractivity contribution is -0.132. The molecular weight excluding hydrogens is 278 g/mol. The smallest absolute Gasteiger partial charge is 0.242 e. The minimum Gasteiger partial charge on any atom is -0.341 e. The summed E-state index contributed by atoms with van der Waals surface area (Å²) < 4.78 is 26.7. The number of benzene rings is 1. The van der Waals surface area contributed by atoms with E-state index in [1.165, 1.54) is 13.0 Å². The van der Waals surface area contributed by atoms with Gasteiger partial charge in [0.25, 0.3) is 0 Å². The summed E-state index contributed by atoms with van der Waals surface area (Å²) in [6.45, 7) is 2.36. The molecule has 0 aliphatic carbocycles. The van der Waals surface area contributed by atoms with E-state index >= 15 is 0 Å². The molecule has 4 nitrogen and oxygen atoms in total. The zero-order chi connectivity index (χ0) is 15.4. The second-order valence-electron chi connectivity index (χ2n) is 5.14. The summed E-state index contributed by atoms with van der Waals surface area (Å²) in [5, 5.41) is 0. The third-order valence-electron chi connectivity index (χ3n) is 3.58. The van der Waals surface area contributed by atoms with Crippen molar-refractivity contribution in [3.63, 3.8) is 0 Å². The molecule has 114 valence electrons. The summed E-state index contributed by atoms with van der Waals surface area (Å²) in [5.41, 5.74) is -0.0748. The van der Waals surface area contributed by atoms with Crippen LogP contribution < -0.4 is 4.90 Å². The number of halogens is 2. The molecule has 21 heavy (non-hydrogen) atoms. The van der Waals surface area contributed by atoms with Crippen LogP contribution in [0.2, 0.25) is 0 Å². The van der Waals surface area contributed by atoms with Gasteiger partial charge < -0.3 is 9.80 Å². The highest BCUT2D eigenvalue weighted by molar-refractivity contribution is 5.97. The Morgan fingerprint density at radius 1 is 1.19 bits per heavy atom. The lowest BCUT2D eigenvalue weighted by atomic mass is 10.1. The number of carbonyl (C=O) groups is 2. The molecule has 1 aliphatic heterocycles. The molecule has 1 aromatic rings. The van der Waals surface area contributed by atoms with Crippen LogP contribution in [0.1, 0.15) is 26.2 Å². The zero-order valence-electron chi connectivity index (χ0n) is 11.9. The van der Waals surface area contributed by atoms with Gasteiger partial charge in [0.1, 0.15) is 18.2 Å². The Morgan fingerprint density at radius 3 is 2.43 bits per heavy atom. The number of carbonyl (C=O) groups excluding carboxylic acids is 2. The first kappa shape index (κ1) is 15.4. The van der Waals surface area contributed by atoms with Gasteiger partial charge in [-0.15, -0.1) is 0 Å². The van der Waals surface area contributed by atoms with Gasteiger partial charge in [-0.3, -0.25) is 9.59 Å². The van der Waals surface area contributed by atoms with E-state index < -0.39 is 17.5 Å². The monoisotopic (exact) mass is 296 g/mol. The van der Waals surface area contributed by atoms with Gasteiger partial charge in [-0.1, -0.05) is 0 Å². The summed E-state index contributed by atoms with van der Waals surface area (Å²) in [7, 11) is 0. The Kier molecular flexibility index (Phi) is 4.88. The number of amides is 2. The molecule has 0 aromatic heterocycles. The van der Waals surface area contributed by atoms with Gasteiger partial charge in [0.05, 0.1) is 5.69 Å². The van der Waals surface area contributed by atoms with Crippen LogP contribution in [0, 0.1) is 11.6 Å². The molecule has 0 spiro atoms. The van der Waals surface area contributed by atoms with Gasteiger partial charge in [-0.25, -0.2) is 8.78 Å². The van der Waals surface area contributed by atoms with Crippen LogP contribution in [0.3, 0.4) is 0 Å². The summed E-state index contributed by atoms with van der Waals surface area (Å²) >= 11 is 0. The van der Waals surface area contributed by atoms with Crippen LogP contribution in [0.4, 0.5) is 14.5 Å². The number of anilines is 1. The largest absolute Gasteiger partial charge is 0.341 e. The fraction of sp³-hybridized carbons (Fsp3) is 0.467. The van der Waals surface area contributed by atoms with Gasteiger partial charge >= 0.3 is 0 Å². The first-order chi connectivity index (χ1) is 9.99. The number of hydrogen-bond donors (Lipinski definition) is 0. The van der Waals surface area contributed by atoms with Crippen molar-refractivity contribution in [2.75, 3.05) is 24.5 Å². The maximum Gasteiger partial charge on any atom is 0.242 e. The van der Waals surface area contributed by atoms with Crippen molar-refractivity contribution in [3.05, 3.63) is 29.8 Å². The van der Waals surface area contributed by atoms with Gasteiger partial charge in [0.2, 0.25) is 11.8 Å². The van der Waals surface area contributed by atoms with E-state index in [4.69, 9.17) is 0 Å². The Labute approximate surface area is 122 Å². The minimum atomic E-state index is -0.850. The average Bonchev–Trinajstić information content (AvgIpc) is 2.46. The van der Waals surface area contributed by atoms with Gasteiger partial charge in [0, 0.05) is 26.1 Å². The molecular formula is C15H18F2N2O2. The summed E-state index contributed by atoms with van der Waals surface area (Å²) in [6, 6.07) is 2.95. The van der Waals surface area contributed by atoms with Crippen molar-refractivity contribution in [3.8, 4) is 0 Å². The number of piperidine rings is 1. The standard InChI is InChI=1S/C15H18F2N2O2/c1-11(20)19(14-6-5-12(16)9-13(14)17)10-15(21)18-7-3-2-4-8-18/h5-6,9H,2-4,7-8,10H2,1H3. The maximum atomic E-state index is 13.8. The van der Waals surface area contributed by atoms with Crippen LogP contribution >= 0.6 is 0 Å². The molecule has 6 heteroatoms. The second-order valence-corrected chi connectivity index (χ2v) is 5.14. The van der Waals surface area contributed by atoms with E-state index in [9.17, 15) is 18.4 Å². The summed E-state index contributed by atoms with van der Waals surface area (Å²) in [5.74, 6) is -2.24. The van der Waals surface area contributed by atoms with Crippen molar-refractivity contribution >= 4 is 17.5 Å². The average molecular weight is 296 g/mol. The van der Waals surface area contributed by atoms with Crippen LogP contribution in [-0.2, 0) is 9.59 Å². The van der Waals surface area contributed by atoms with E-state index in [1.807, 2.05) is 0 Å². The SMILES string of the molecule is CC(=O)N(CC(=O)N1CCCCC1)c1ccc(F)cc1F. The normalized spacial score (nSPS) is 14.9. The van der Waals surface area contributed by atoms with Crippen molar-refractivity contribution < 1.29 is 18.4 Å². The van der Waals surface area contributed by atoms with Crippen molar-refractivity contribution in [1.29, 1.82) is 0 Å². The third-order valence-corrected chi connectivity index (χ3v) is 3.58. The molecule has 1 fully saturated rings. The highest BCUT2D eigenvalue weighted by atomic mass is 19.1. The summed E-state index contributed by atoms with van der Waals surface area (Å²) in [6.07, 6.45) is 2.97. The van der Waals surface area contributed by atoms with Gasteiger partial charge in [-0.2, -0.15) is 0 Å². The van der Waals surface area contributed by atoms with Crippen LogP contribution in [-0.4, -0.2) is 36.3 Å². The predicted octanol–water partition coefficient (Wildman–Crippen LogP) is 2.33. The highest BCUT2D eigenvalue weighted by Crippen LogP contribution is 2.21. The topological polar surface area (TPSA) is 40.6 Å². The quantitative estimate of drug-likeness (QED) is 0.859. The molecule has 1 heterocycles. The van der Waals surface area contributed by atoms with E-state index in [2.05, 4.69) is 0 Å². The molecule has 1 aliphatic rings. The first-order valence-corrected chi connectivity index (χ1v) is 7.00. The lowest BCUT2D eigenvalue weighted by Gasteiger charge is -2.29. The van der Waals surface area contributed by atoms with E-state index in [1.54, 1.807) is 4.90 Å². The minimum absolute atomic E-state index is 0.0748. The molecule has 1 saturated heterocycles. The van der Waals surface area contributed by atoms with Crippen molar-refractivity contribution in [2.45, 2.75) is 26.2 Å². The third kappa shape index (κ3) is 3.77. The predicted molar refractivity (Wildman–Crippen MR) is 74.8 cm³/mol. The molecule has 2 amide bonds.